The Kier molecular flexibility index (Phi) is 5.17. The number of rotatable bonds is 8. The number of thioether (sulfide) groups is 1. The van der Waals surface area contributed by atoms with Gasteiger partial charge in [-0.05, 0) is 31.6 Å². The quantitative estimate of drug-likeness (QED) is 0.765. The Balaban J connectivity index is 2.12. The van der Waals surface area contributed by atoms with Gasteiger partial charge in [0.15, 0.2) is 0 Å². The predicted molar refractivity (Wildman–Crippen MR) is 83.4 cm³/mol. The molecule has 5 nitrogen and oxygen atoms in total. The van der Waals surface area contributed by atoms with Gasteiger partial charge in [-0.15, -0.1) is 0 Å². The summed E-state index contributed by atoms with van der Waals surface area (Å²) in [6, 6.07) is 2.06. The van der Waals surface area contributed by atoms with Gasteiger partial charge in [0.1, 0.15) is 0 Å². The summed E-state index contributed by atoms with van der Waals surface area (Å²) in [4.78, 5) is 0.332. The lowest BCUT2D eigenvalue weighted by atomic mass is 10.4. The largest absolute Gasteiger partial charge is 0.346 e. The van der Waals surface area contributed by atoms with Crippen molar-refractivity contribution in [3.63, 3.8) is 0 Å². The minimum Gasteiger partial charge on any atom is -0.346 e. The molecular weight excluding hydrogens is 294 g/mol. The Labute approximate surface area is 125 Å². The van der Waals surface area contributed by atoms with Crippen molar-refractivity contribution < 1.29 is 8.42 Å². The van der Waals surface area contributed by atoms with Crippen molar-refractivity contribution in [2.24, 2.45) is 5.73 Å². The number of hydrogen-bond donors (Lipinski definition) is 2. The number of hydrogen-bond acceptors (Lipinski definition) is 4. The molecule has 3 N–H and O–H groups in total. The van der Waals surface area contributed by atoms with E-state index in [1.807, 2.05) is 11.5 Å². The molecule has 0 saturated heterocycles. The highest BCUT2D eigenvalue weighted by molar-refractivity contribution is 7.99. The zero-order valence-corrected chi connectivity index (χ0v) is 13.6. The van der Waals surface area contributed by atoms with Gasteiger partial charge in [-0.25, -0.2) is 13.1 Å². The van der Waals surface area contributed by atoms with Gasteiger partial charge >= 0.3 is 0 Å². The van der Waals surface area contributed by atoms with Crippen molar-refractivity contribution in [1.29, 1.82) is 0 Å². The molecule has 1 unspecified atom stereocenters. The molecule has 1 heterocycles. The molecule has 0 amide bonds. The zero-order valence-electron chi connectivity index (χ0n) is 12.0. The first-order valence-corrected chi connectivity index (χ1v) is 9.62. The molecule has 1 aliphatic carbocycles. The molecule has 1 fully saturated rings. The highest BCUT2D eigenvalue weighted by atomic mass is 32.2. The van der Waals surface area contributed by atoms with Crippen LogP contribution in [0, 0.1) is 0 Å². The maximum absolute atomic E-state index is 12.4. The highest BCUT2D eigenvalue weighted by Crippen LogP contribution is 2.37. The van der Waals surface area contributed by atoms with Crippen LogP contribution in [0.15, 0.2) is 17.2 Å². The monoisotopic (exact) mass is 317 g/mol. The van der Waals surface area contributed by atoms with Crippen LogP contribution in [0.3, 0.4) is 0 Å². The summed E-state index contributed by atoms with van der Waals surface area (Å²) < 4.78 is 29.5. The van der Waals surface area contributed by atoms with Crippen molar-refractivity contribution >= 4 is 21.8 Å². The van der Waals surface area contributed by atoms with Gasteiger partial charge in [0.2, 0.25) is 10.0 Å². The van der Waals surface area contributed by atoms with Crippen molar-refractivity contribution in [2.75, 3.05) is 11.5 Å². The SMILES string of the molecule is CCSCC(C)NS(=O)(=O)c1cc(CN)n(C2CC2)c1. The van der Waals surface area contributed by atoms with Crippen LogP contribution in [0.1, 0.15) is 38.4 Å². The fourth-order valence-electron chi connectivity index (χ4n) is 2.16. The van der Waals surface area contributed by atoms with Gasteiger partial charge in [-0.2, -0.15) is 11.8 Å². The molecule has 1 saturated carbocycles. The van der Waals surface area contributed by atoms with Crippen LogP contribution in [-0.4, -0.2) is 30.5 Å². The van der Waals surface area contributed by atoms with E-state index in [0.717, 1.165) is 30.0 Å². The molecule has 0 aliphatic heterocycles. The average Bonchev–Trinajstić information content (AvgIpc) is 3.14. The Morgan fingerprint density at radius 2 is 2.25 bits per heavy atom. The highest BCUT2D eigenvalue weighted by Gasteiger charge is 2.28. The normalized spacial score (nSPS) is 17.4. The third-order valence-corrected chi connectivity index (χ3v) is 6.00. The van der Waals surface area contributed by atoms with Crippen molar-refractivity contribution in [1.82, 2.24) is 9.29 Å². The lowest BCUT2D eigenvalue weighted by molar-refractivity contribution is 0.570. The molecule has 114 valence electrons. The lowest BCUT2D eigenvalue weighted by Gasteiger charge is -2.12. The van der Waals surface area contributed by atoms with E-state index in [1.54, 1.807) is 24.0 Å². The van der Waals surface area contributed by atoms with Gasteiger partial charge < -0.3 is 10.3 Å². The zero-order chi connectivity index (χ0) is 14.8. The van der Waals surface area contributed by atoms with E-state index in [9.17, 15) is 8.42 Å². The van der Waals surface area contributed by atoms with Crippen LogP contribution >= 0.6 is 11.8 Å². The number of nitrogens with zero attached hydrogens (tertiary/aromatic N) is 1. The van der Waals surface area contributed by atoms with E-state index in [4.69, 9.17) is 5.73 Å². The molecule has 0 radical (unpaired) electrons. The third kappa shape index (κ3) is 3.78. The Bertz CT molecular complexity index is 550. The van der Waals surface area contributed by atoms with Gasteiger partial charge in [0.25, 0.3) is 0 Å². The van der Waals surface area contributed by atoms with E-state index in [0.29, 0.717) is 17.5 Å². The maximum atomic E-state index is 12.4. The summed E-state index contributed by atoms with van der Waals surface area (Å²) in [5.74, 6) is 1.77. The van der Waals surface area contributed by atoms with Crippen LogP contribution in [0.4, 0.5) is 0 Å². The van der Waals surface area contributed by atoms with Crippen molar-refractivity contribution in [2.45, 2.75) is 50.2 Å². The second-order valence-electron chi connectivity index (χ2n) is 5.19. The van der Waals surface area contributed by atoms with Gasteiger partial charge in [-0.1, -0.05) is 6.92 Å². The van der Waals surface area contributed by atoms with Crippen LogP contribution in [-0.2, 0) is 16.6 Å². The summed E-state index contributed by atoms with van der Waals surface area (Å²) in [6.07, 6.45) is 3.94. The smallest absolute Gasteiger partial charge is 0.242 e. The van der Waals surface area contributed by atoms with Crippen LogP contribution < -0.4 is 10.5 Å². The van der Waals surface area contributed by atoms with E-state index >= 15 is 0 Å². The van der Waals surface area contributed by atoms with Crippen molar-refractivity contribution in [3.05, 3.63) is 18.0 Å². The molecule has 7 heteroatoms. The maximum Gasteiger partial charge on any atom is 0.242 e. The first kappa shape index (κ1) is 15.9. The minimum absolute atomic E-state index is 0.0736. The molecule has 1 atom stereocenters. The molecule has 2 rings (SSSR count). The Hall–Kier alpha value is -0.500. The second-order valence-corrected chi connectivity index (χ2v) is 8.22. The first-order valence-electron chi connectivity index (χ1n) is 6.98. The molecular formula is C13H23N3O2S2. The Morgan fingerprint density at radius 1 is 1.55 bits per heavy atom. The standard InChI is InChI=1S/C13H23N3O2S2/c1-3-19-9-10(2)15-20(17,18)13-6-12(7-14)16(8-13)11-4-5-11/h6,8,10-11,15H,3-5,7,9,14H2,1-2H3. The molecule has 0 spiro atoms. The Morgan fingerprint density at radius 3 is 2.80 bits per heavy atom. The number of nitrogens with two attached hydrogens (primary N) is 1. The fourth-order valence-corrected chi connectivity index (χ4v) is 4.23. The number of nitrogens with one attached hydrogen (secondary N) is 1. The molecule has 20 heavy (non-hydrogen) atoms. The van der Waals surface area contributed by atoms with Crippen LogP contribution in [0.25, 0.3) is 0 Å². The fraction of sp³-hybridized carbons (Fsp3) is 0.692. The van der Waals surface area contributed by atoms with Crippen LogP contribution in [0.5, 0.6) is 0 Å². The van der Waals surface area contributed by atoms with Gasteiger partial charge in [-0.3, -0.25) is 0 Å². The summed E-state index contributed by atoms with van der Waals surface area (Å²) in [5, 5.41) is 0. The first-order chi connectivity index (χ1) is 9.47. The molecule has 1 aromatic heterocycles. The third-order valence-electron chi connectivity index (χ3n) is 3.29. The summed E-state index contributed by atoms with van der Waals surface area (Å²) in [5.41, 5.74) is 6.59. The number of sulfonamides is 1. The molecule has 0 bridgehead atoms. The molecule has 1 aromatic rings. The van der Waals surface area contributed by atoms with Gasteiger partial charge in [0.05, 0.1) is 4.90 Å². The lowest BCUT2D eigenvalue weighted by Crippen LogP contribution is -2.34. The van der Waals surface area contributed by atoms with Gasteiger partial charge in [0, 0.05) is 36.3 Å². The van der Waals surface area contributed by atoms with E-state index < -0.39 is 10.0 Å². The summed E-state index contributed by atoms with van der Waals surface area (Å²) >= 11 is 1.73. The summed E-state index contributed by atoms with van der Waals surface area (Å²) in [7, 11) is -3.45. The van der Waals surface area contributed by atoms with Crippen LogP contribution in [0.2, 0.25) is 0 Å². The average molecular weight is 317 g/mol. The molecule has 1 aliphatic rings. The van der Waals surface area contributed by atoms with E-state index in [2.05, 4.69) is 11.6 Å². The molecule has 0 aromatic carbocycles. The second kappa shape index (κ2) is 6.51. The topological polar surface area (TPSA) is 77.1 Å². The minimum atomic E-state index is -3.45. The van der Waals surface area contributed by atoms with E-state index in [-0.39, 0.29) is 6.04 Å². The number of aromatic nitrogens is 1. The van der Waals surface area contributed by atoms with E-state index in [1.165, 1.54) is 0 Å². The van der Waals surface area contributed by atoms with Crippen molar-refractivity contribution in [3.8, 4) is 0 Å². The predicted octanol–water partition coefficient (Wildman–Crippen LogP) is 1.70. The summed E-state index contributed by atoms with van der Waals surface area (Å²) in [6.45, 7) is 4.32.